The van der Waals surface area contributed by atoms with Crippen LogP contribution in [0, 0.1) is 0 Å². The minimum Gasteiger partial charge on any atom is -0.493 e. The molecule has 0 radical (unpaired) electrons. The molecule has 0 atom stereocenters. The van der Waals surface area contributed by atoms with Gasteiger partial charge < -0.3 is 15.2 Å². The summed E-state index contributed by atoms with van der Waals surface area (Å²) in [6.07, 6.45) is 3.86. The van der Waals surface area contributed by atoms with Gasteiger partial charge in [0.15, 0.2) is 11.5 Å². The lowest BCUT2D eigenvalue weighted by molar-refractivity contribution is 0.373. The topological polar surface area (TPSA) is 70.3 Å². The molecule has 0 aliphatic heterocycles. The van der Waals surface area contributed by atoms with Gasteiger partial charge in [0, 0.05) is 0 Å². The van der Waals surface area contributed by atoms with Gasteiger partial charge in [-0.25, -0.2) is 9.97 Å². The fourth-order valence-corrected chi connectivity index (χ4v) is 1.51. The van der Waals surface area contributed by atoms with Gasteiger partial charge in [0.25, 0.3) is 0 Å². The lowest BCUT2D eigenvalue weighted by atomic mass is 10.1. The Labute approximate surface area is 106 Å². The fourth-order valence-electron chi connectivity index (χ4n) is 1.51. The number of nitrogens with zero attached hydrogens (tertiary/aromatic N) is 2. The maximum Gasteiger partial charge on any atom is 0.238 e. The summed E-state index contributed by atoms with van der Waals surface area (Å²) >= 11 is 0. The van der Waals surface area contributed by atoms with Crippen LogP contribution in [0.3, 0.4) is 0 Å². The van der Waals surface area contributed by atoms with Crippen molar-refractivity contribution < 1.29 is 9.47 Å². The van der Waals surface area contributed by atoms with E-state index in [1.54, 1.807) is 7.11 Å². The Morgan fingerprint density at radius 2 is 2.00 bits per heavy atom. The van der Waals surface area contributed by atoms with E-state index in [-0.39, 0.29) is 0 Å². The number of rotatable bonds is 4. The van der Waals surface area contributed by atoms with E-state index < -0.39 is 0 Å². The van der Waals surface area contributed by atoms with E-state index in [0.29, 0.717) is 23.2 Å². The molecule has 0 saturated heterocycles. The smallest absolute Gasteiger partial charge is 0.238 e. The van der Waals surface area contributed by atoms with Gasteiger partial charge in [-0.15, -0.1) is 0 Å². The van der Waals surface area contributed by atoms with Crippen LogP contribution in [0.1, 0.15) is 12.5 Å². The van der Waals surface area contributed by atoms with Crippen molar-refractivity contribution in [3.8, 4) is 17.4 Å². The van der Waals surface area contributed by atoms with Gasteiger partial charge in [-0.1, -0.05) is 13.0 Å². The second-order valence-electron chi connectivity index (χ2n) is 3.72. The first-order valence-corrected chi connectivity index (χ1v) is 5.65. The Morgan fingerprint density at radius 3 is 2.61 bits per heavy atom. The third kappa shape index (κ3) is 2.68. The molecule has 0 spiro atoms. The van der Waals surface area contributed by atoms with Crippen LogP contribution in [-0.4, -0.2) is 17.1 Å². The zero-order valence-electron chi connectivity index (χ0n) is 10.4. The second kappa shape index (κ2) is 5.35. The van der Waals surface area contributed by atoms with Crippen molar-refractivity contribution in [2.75, 3.05) is 12.8 Å². The second-order valence-corrected chi connectivity index (χ2v) is 3.72. The summed E-state index contributed by atoms with van der Waals surface area (Å²) in [5, 5.41) is 0. The van der Waals surface area contributed by atoms with E-state index in [1.807, 2.05) is 18.2 Å². The highest BCUT2D eigenvalue weighted by atomic mass is 16.5. The van der Waals surface area contributed by atoms with E-state index >= 15 is 0 Å². The highest BCUT2D eigenvalue weighted by molar-refractivity contribution is 5.44. The van der Waals surface area contributed by atoms with Crippen molar-refractivity contribution in [2.24, 2.45) is 0 Å². The van der Waals surface area contributed by atoms with Gasteiger partial charge in [0.05, 0.1) is 19.5 Å². The minimum atomic E-state index is 0.357. The van der Waals surface area contributed by atoms with E-state index in [1.165, 1.54) is 18.0 Å². The summed E-state index contributed by atoms with van der Waals surface area (Å²) in [4.78, 5) is 7.94. The average molecular weight is 245 g/mol. The van der Waals surface area contributed by atoms with E-state index in [9.17, 15) is 0 Å². The molecule has 0 bridgehead atoms. The molecule has 5 heteroatoms. The van der Waals surface area contributed by atoms with E-state index in [2.05, 4.69) is 16.9 Å². The van der Waals surface area contributed by atoms with Crippen molar-refractivity contribution in [2.45, 2.75) is 13.3 Å². The summed E-state index contributed by atoms with van der Waals surface area (Å²) < 4.78 is 10.9. The van der Waals surface area contributed by atoms with E-state index in [0.717, 1.165) is 6.42 Å². The maximum atomic E-state index is 5.60. The molecular formula is C13H15N3O2. The normalized spacial score (nSPS) is 10.1. The molecule has 5 nitrogen and oxygen atoms in total. The Bertz CT molecular complexity index is 526. The number of methoxy groups -OCH3 is 1. The number of anilines is 1. The molecule has 0 aliphatic carbocycles. The highest BCUT2D eigenvalue weighted by Crippen LogP contribution is 2.31. The first kappa shape index (κ1) is 12.2. The minimum absolute atomic E-state index is 0.357. The van der Waals surface area contributed by atoms with Crippen molar-refractivity contribution in [3.05, 3.63) is 36.2 Å². The lowest BCUT2D eigenvalue weighted by Crippen LogP contribution is -1.96. The van der Waals surface area contributed by atoms with Crippen LogP contribution in [0.25, 0.3) is 0 Å². The molecule has 2 rings (SSSR count). The third-order valence-corrected chi connectivity index (χ3v) is 2.50. The monoisotopic (exact) mass is 245 g/mol. The van der Waals surface area contributed by atoms with Crippen LogP contribution in [0.4, 0.5) is 5.82 Å². The molecule has 1 aromatic carbocycles. The number of aromatic nitrogens is 2. The molecule has 2 aromatic rings. The summed E-state index contributed by atoms with van der Waals surface area (Å²) in [5.74, 6) is 2.02. The van der Waals surface area contributed by atoms with Crippen LogP contribution in [0.2, 0.25) is 0 Å². The Balaban J connectivity index is 2.25. The van der Waals surface area contributed by atoms with Gasteiger partial charge in [-0.05, 0) is 24.1 Å². The highest BCUT2D eigenvalue weighted by Gasteiger charge is 2.07. The number of ether oxygens (including phenoxy) is 2. The first-order chi connectivity index (χ1) is 8.72. The number of nitrogen functional groups attached to an aromatic ring is 1. The average Bonchev–Trinajstić information content (AvgIpc) is 2.41. The molecule has 94 valence electrons. The third-order valence-electron chi connectivity index (χ3n) is 2.50. The van der Waals surface area contributed by atoms with Crippen molar-refractivity contribution in [1.82, 2.24) is 9.97 Å². The number of hydrogen-bond donors (Lipinski definition) is 1. The Hall–Kier alpha value is -2.30. The molecule has 2 N–H and O–H groups in total. The quantitative estimate of drug-likeness (QED) is 0.895. The van der Waals surface area contributed by atoms with E-state index in [4.69, 9.17) is 15.2 Å². The van der Waals surface area contributed by atoms with Gasteiger partial charge in [0.1, 0.15) is 5.82 Å². The van der Waals surface area contributed by atoms with Crippen LogP contribution >= 0.6 is 0 Å². The molecule has 0 amide bonds. The predicted molar refractivity (Wildman–Crippen MR) is 68.9 cm³/mol. The largest absolute Gasteiger partial charge is 0.493 e. The maximum absolute atomic E-state index is 5.60. The van der Waals surface area contributed by atoms with Gasteiger partial charge >= 0.3 is 0 Å². The molecule has 0 unspecified atom stereocenters. The van der Waals surface area contributed by atoms with Crippen LogP contribution in [-0.2, 0) is 6.42 Å². The molecule has 1 heterocycles. The molecule has 0 aliphatic rings. The number of hydrogen-bond acceptors (Lipinski definition) is 5. The Morgan fingerprint density at radius 1 is 1.17 bits per heavy atom. The molecule has 0 saturated carbocycles. The zero-order chi connectivity index (χ0) is 13.0. The van der Waals surface area contributed by atoms with Crippen LogP contribution in [0.15, 0.2) is 30.6 Å². The fraction of sp³-hybridized carbons (Fsp3) is 0.231. The SMILES string of the molecule is CCc1ccc(Oc2cnc(N)cn2)c(OC)c1. The van der Waals surface area contributed by atoms with Crippen molar-refractivity contribution in [3.63, 3.8) is 0 Å². The van der Waals surface area contributed by atoms with Gasteiger partial charge in [-0.3, -0.25) is 0 Å². The Kier molecular flexibility index (Phi) is 3.62. The molecule has 18 heavy (non-hydrogen) atoms. The molecule has 1 aromatic heterocycles. The van der Waals surface area contributed by atoms with Crippen LogP contribution in [0.5, 0.6) is 17.4 Å². The molecular weight excluding hydrogens is 230 g/mol. The number of nitrogens with two attached hydrogens (primary N) is 1. The number of benzene rings is 1. The summed E-state index contributed by atoms with van der Waals surface area (Å²) in [5.41, 5.74) is 6.64. The summed E-state index contributed by atoms with van der Waals surface area (Å²) in [7, 11) is 1.61. The van der Waals surface area contributed by atoms with Crippen LogP contribution < -0.4 is 15.2 Å². The first-order valence-electron chi connectivity index (χ1n) is 5.65. The summed E-state index contributed by atoms with van der Waals surface area (Å²) in [6, 6.07) is 5.79. The lowest BCUT2D eigenvalue weighted by Gasteiger charge is -2.10. The van der Waals surface area contributed by atoms with Gasteiger partial charge in [-0.2, -0.15) is 0 Å². The molecule has 0 fully saturated rings. The van der Waals surface area contributed by atoms with Gasteiger partial charge in [0.2, 0.25) is 5.88 Å². The predicted octanol–water partition coefficient (Wildman–Crippen LogP) is 2.42. The van der Waals surface area contributed by atoms with Crippen molar-refractivity contribution in [1.29, 1.82) is 0 Å². The standard InChI is InChI=1S/C13H15N3O2/c1-3-9-4-5-10(11(6-9)17-2)18-13-8-15-12(14)7-16-13/h4-8H,3H2,1-2H3,(H2,14,15). The van der Waals surface area contributed by atoms with Crippen molar-refractivity contribution >= 4 is 5.82 Å². The zero-order valence-corrected chi connectivity index (χ0v) is 10.4. The summed E-state index contributed by atoms with van der Waals surface area (Å²) in [6.45, 7) is 2.08. The number of aryl methyl sites for hydroxylation is 1.